The third-order valence-corrected chi connectivity index (χ3v) is 2.90. The van der Waals surface area contributed by atoms with Gasteiger partial charge in [-0.05, 0) is 36.4 Å². The van der Waals surface area contributed by atoms with Crippen molar-refractivity contribution < 1.29 is 13.2 Å². The van der Waals surface area contributed by atoms with E-state index in [4.69, 9.17) is 0 Å². The van der Waals surface area contributed by atoms with Gasteiger partial charge in [0, 0.05) is 18.3 Å². The molecule has 1 aromatic carbocycles. The van der Waals surface area contributed by atoms with Crippen molar-refractivity contribution in [1.29, 1.82) is 0 Å². The second-order valence-corrected chi connectivity index (χ2v) is 4.32. The normalized spacial score (nSPS) is 11.2. The predicted molar refractivity (Wildman–Crippen MR) is 72.5 cm³/mol. The molecule has 0 fully saturated rings. The maximum absolute atomic E-state index is 12.5. The summed E-state index contributed by atoms with van der Waals surface area (Å²) in [5.41, 5.74) is 0.328. The number of halogens is 3. The average Bonchev–Trinajstić information content (AvgIpc) is 2.48. The molecule has 0 aliphatic carbocycles. The Bertz CT molecular complexity index is 585. The van der Waals surface area contributed by atoms with Crippen LogP contribution in [0.5, 0.6) is 0 Å². The lowest BCUT2D eigenvalue weighted by molar-refractivity contribution is -0.137. The second kappa shape index (κ2) is 6.34. The Labute approximate surface area is 119 Å². The molecule has 110 valence electrons. The number of alkyl halides is 3. The van der Waals surface area contributed by atoms with Crippen LogP contribution in [0.4, 0.5) is 18.9 Å². The van der Waals surface area contributed by atoms with Gasteiger partial charge in [-0.15, -0.1) is 4.91 Å². The number of anilines is 1. The Kier molecular flexibility index (Phi) is 4.52. The van der Waals surface area contributed by atoms with Crippen LogP contribution in [0.2, 0.25) is 0 Å². The van der Waals surface area contributed by atoms with Gasteiger partial charge in [-0.2, -0.15) is 13.2 Å². The molecule has 0 saturated heterocycles. The summed E-state index contributed by atoms with van der Waals surface area (Å²) in [7, 11) is 0. The molecule has 0 amide bonds. The largest absolute Gasteiger partial charge is 0.416 e. The summed E-state index contributed by atoms with van der Waals surface area (Å²) < 4.78 is 37.4. The number of hydrogen-bond donors (Lipinski definition) is 0. The van der Waals surface area contributed by atoms with E-state index < -0.39 is 11.7 Å². The summed E-state index contributed by atoms with van der Waals surface area (Å²) in [6, 6.07) is 9.69. The molecule has 4 nitrogen and oxygen atoms in total. The van der Waals surface area contributed by atoms with Gasteiger partial charge in [0.15, 0.2) is 0 Å². The van der Waals surface area contributed by atoms with E-state index in [0.29, 0.717) is 12.1 Å². The van der Waals surface area contributed by atoms with E-state index in [1.54, 1.807) is 18.3 Å². The lowest BCUT2D eigenvalue weighted by Crippen LogP contribution is -2.19. The molecule has 0 N–H and O–H groups in total. The van der Waals surface area contributed by atoms with E-state index in [2.05, 4.69) is 10.3 Å². The zero-order valence-electron chi connectivity index (χ0n) is 10.9. The van der Waals surface area contributed by atoms with Crippen LogP contribution in [-0.2, 0) is 12.6 Å². The van der Waals surface area contributed by atoms with Gasteiger partial charge in [-0.3, -0.25) is 4.98 Å². The molecular formula is C14H12F3N3O. The van der Waals surface area contributed by atoms with Crippen molar-refractivity contribution in [3.63, 3.8) is 0 Å². The van der Waals surface area contributed by atoms with Crippen LogP contribution in [0, 0.1) is 4.91 Å². The molecule has 0 aliphatic rings. The summed E-state index contributed by atoms with van der Waals surface area (Å²) >= 11 is 0. The minimum absolute atomic E-state index is 0.242. The molecule has 2 rings (SSSR count). The van der Waals surface area contributed by atoms with Crippen LogP contribution in [0.15, 0.2) is 53.9 Å². The molecule has 0 spiro atoms. The Balaban J connectivity index is 2.05. The van der Waals surface area contributed by atoms with Gasteiger partial charge in [0.2, 0.25) is 0 Å². The van der Waals surface area contributed by atoms with E-state index in [-0.39, 0.29) is 6.54 Å². The number of benzene rings is 1. The van der Waals surface area contributed by atoms with Crippen molar-refractivity contribution in [2.24, 2.45) is 5.29 Å². The molecule has 1 aromatic heterocycles. The van der Waals surface area contributed by atoms with Crippen molar-refractivity contribution in [3.8, 4) is 0 Å². The van der Waals surface area contributed by atoms with E-state index >= 15 is 0 Å². The van der Waals surface area contributed by atoms with Crippen molar-refractivity contribution in [2.45, 2.75) is 12.6 Å². The molecular weight excluding hydrogens is 283 g/mol. The van der Waals surface area contributed by atoms with Gasteiger partial charge in [0.25, 0.3) is 0 Å². The van der Waals surface area contributed by atoms with Crippen LogP contribution >= 0.6 is 0 Å². The zero-order valence-corrected chi connectivity index (χ0v) is 10.9. The Morgan fingerprint density at radius 3 is 2.33 bits per heavy atom. The zero-order chi connectivity index (χ0) is 15.3. The number of hydrogen-bond acceptors (Lipinski definition) is 3. The summed E-state index contributed by atoms with van der Waals surface area (Å²) in [4.78, 5) is 14.9. The molecule has 0 aliphatic heterocycles. The highest BCUT2D eigenvalue weighted by Gasteiger charge is 2.30. The quantitative estimate of drug-likeness (QED) is 0.622. The first-order valence-corrected chi connectivity index (χ1v) is 6.18. The highest BCUT2D eigenvalue weighted by molar-refractivity contribution is 5.47. The molecule has 0 unspecified atom stereocenters. The van der Waals surface area contributed by atoms with Crippen molar-refractivity contribution >= 4 is 5.69 Å². The number of aromatic nitrogens is 1. The molecule has 21 heavy (non-hydrogen) atoms. The molecule has 1 heterocycles. The number of nitroso groups, excluding NO2 is 1. The molecule has 0 radical (unpaired) electrons. The van der Waals surface area contributed by atoms with Crippen LogP contribution in [-0.4, -0.2) is 11.5 Å². The smallest absolute Gasteiger partial charge is 0.261 e. The maximum Gasteiger partial charge on any atom is 0.416 e. The first kappa shape index (κ1) is 15.0. The molecule has 0 bridgehead atoms. The van der Waals surface area contributed by atoms with Crippen molar-refractivity contribution in [2.75, 3.05) is 11.6 Å². The highest BCUT2D eigenvalue weighted by atomic mass is 19.4. The minimum Gasteiger partial charge on any atom is -0.261 e. The van der Waals surface area contributed by atoms with Gasteiger partial charge < -0.3 is 0 Å². The Morgan fingerprint density at radius 1 is 1.10 bits per heavy atom. The standard InChI is InChI=1S/C14H12F3N3O/c15-14(16,17)11-4-6-13(7-5-11)20(19-21)10-8-12-3-1-2-9-18-12/h1-7,9H,8,10H2. The third kappa shape index (κ3) is 4.01. The maximum atomic E-state index is 12.5. The monoisotopic (exact) mass is 295 g/mol. The SMILES string of the molecule is O=NN(CCc1ccccn1)c1ccc(C(F)(F)F)cc1. The topological polar surface area (TPSA) is 45.6 Å². The molecule has 2 aromatic rings. The molecule has 0 saturated carbocycles. The number of rotatable bonds is 5. The van der Waals surface area contributed by atoms with Gasteiger partial charge >= 0.3 is 6.18 Å². The molecule has 0 atom stereocenters. The predicted octanol–water partition coefficient (Wildman–Crippen LogP) is 3.83. The number of pyridine rings is 1. The van der Waals surface area contributed by atoms with Gasteiger partial charge in [0.05, 0.1) is 23.1 Å². The highest BCUT2D eigenvalue weighted by Crippen LogP contribution is 2.30. The van der Waals surface area contributed by atoms with E-state index in [1.165, 1.54) is 12.1 Å². The Morgan fingerprint density at radius 2 is 1.81 bits per heavy atom. The summed E-state index contributed by atoms with van der Waals surface area (Å²) in [5, 5.41) is 3.95. The fourth-order valence-electron chi connectivity index (χ4n) is 1.81. The Hall–Kier alpha value is -2.44. The van der Waals surface area contributed by atoms with E-state index in [0.717, 1.165) is 22.8 Å². The van der Waals surface area contributed by atoms with E-state index in [1.807, 2.05) is 6.07 Å². The average molecular weight is 295 g/mol. The van der Waals surface area contributed by atoms with Crippen molar-refractivity contribution in [3.05, 3.63) is 64.8 Å². The minimum atomic E-state index is -4.40. The lowest BCUT2D eigenvalue weighted by Gasteiger charge is -2.16. The van der Waals surface area contributed by atoms with Crippen molar-refractivity contribution in [1.82, 2.24) is 4.98 Å². The van der Waals surface area contributed by atoms with Gasteiger partial charge in [-0.25, -0.2) is 5.01 Å². The summed E-state index contributed by atoms with van der Waals surface area (Å²) in [5.74, 6) is 0. The van der Waals surface area contributed by atoms with E-state index in [9.17, 15) is 18.1 Å². The fourth-order valence-corrected chi connectivity index (χ4v) is 1.81. The van der Waals surface area contributed by atoms with Gasteiger partial charge in [-0.1, -0.05) is 6.07 Å². The van der Waals surface area contributed by atoms with Crippen LogP contribution in [0.25, 0.3) is 0 Å². The lowest BCUT2D eigenvalue weighted by atomic mass is 10.2. The fraction of sp³-hybridized carbons (Fsp3) is 0.214. The summed E-state index contributed by atoms with van der Waals surface area (Å²) in [6.45, 7) is 0.242. The van der Waals surface area contributed by atoms with Crippen LogP contribution in [0.3, 0.4) is 0 Å². The summed E-state index contributed by atoms with van der Waals surface area (Å²) in [6.07, 6.45) is -2.30. The number of nitrogens with zero attached hydrogens (tertiary/aromatic N) is 3. The second-order valence-electron chi connectivity index (χ2n) is 4.32. The first-order chi connectivity index (χ1) is 10.0. The third-order valence-electron chi connectivity index (χ3n) is 2.90. The van der Waals surface area contributed by atoms with Crippen LogP contribution in [0.1, 0.15) is 11.3 Å². The first-order valence-electron chi connectivity index (χ1n) is 6.18. The van der Waals surface area contributed by atoms with Crippen LogP contribution < -0.4 is 5.01 Å². The van der Waals surface area contributed by atoms with Gasteiger partial charge in [0.1, 0.15) is 0 Å². The molecule has 7 heteroatoms.